The molecular formula is C27H30FN3O4. The van der Waals surface area contributed by atoms with Crippen molar-refractivity contribution in [2.24, 2.45) is 5.92 Å². The first-order valence-corrected chi connectivity index (χ1v) is 12.3. The van der Waals surface area contributed by atoms with Crippen molar-refractivity contribution in [2.45, 2.75) is 50.4 Å². The highest BCUT2D eigenvalue weighted by Gasteiger charge is 2.54. The van der Waals surface area contributed by atoms with Gasteiger partial charge in [-0.25, -0.2) is 4.39 Å². The lowest BCUT2D eigenvalue weighted by Gasteiger charge is -2.45. The molecule has 2 aliphatic heterocycles. The predicted molar refractivity (Wildman–Crippen MR) is 126 cm³/mol. The van der Waals surface area contributed by atoms with Gasteiger partial charge in [0.05, 0.1) is 6.61 Å². The SMILES string of the molecule is O=C(NCc1ccccc1)C1COC2(CCN(C(=O)C3CCC3)CC2)N1C(=O)c1ccc(F)cc1. The number of rotatable bonds is 5. The van der Waals surface area contributed by atoms with E-state index in [-0.39, 0.29) is 30.2 Å². The van der Waals surface area contributed by atoms with Crippen LogP contribution in [0.3, 0.4) is 0 Å². The third-order valence-corrected chi connectivity index (χ3v) is 7.49. The molecule has 0 aromatic heterocycles. The van der Waals surface area contributed by atoms with E-state index in [0.29, 0.717) is 38.0 Å². The highest BCUT2D eigenvalue weighted by atomic mass is 19.1. The van der Waals surface area contributed by atoms with Crippen molar-refractivity contribution < 1.29 is 23.5 Å². The van der Waals surface area contributed by atoms with Crippen molar-refractivity contribution in [1.29, 1.82) is 0 Å². The fourth-order valence-electron chi connectivity index (χ4n) is 5.19. The maximum Gasteiger partial charge on any atom is 0.256 e. The van der Waals surface area contributed by atoms with E-state index in [9.17, 15) is 18.8 Å². The lowest BCUT2D eigenvalue weighted by Crippen LogP contribution is -2.60. The van der Waals surface area contributed by atoms with Gasteiger partial charge in [0.15, 0.2) is 0 Å². The molecule has 3 fully saturated rings. The molecule has 2 aromatic rings. The smallest absolute Gasteiger partial charge is 0.256 e. The Balaban J connectivity index is 1.35. The van der Waals surface area contributed by atoms with E-state index in [1.807, 2.05) is 35.2 Å². The molecule has 2 saturated heterocycles. The lowest BCUT2D eigenvalue weighted by atomic mass is 9.83. The summed E-state index contributed by atoms with van der Waals surface area (Å²) in [6.07, 6.45) is 3.84. The summed E-state index contributed by atoms with van der Waals surface area (Å²) in [6.45, 7) is 1.36. The summed E-state index contributed by atoms with van der Waals surface area (Å²) in [5, 5.41) is 2.93. The van der Waals surface area contributed by atoms with Crippen LogP contribution in [0.5, 0.6) is 0 Å². The van der Waals surface area contributed by atoms with Gasteiger partial charge < -0.3 is 15.0 Å². The normalized spacial score (nSPS) is 21.6. The van der Waals surface area contributed by atoms with Crippen molar-refractivity contribution in [2.75, 3.05) is 19.7 Å². The summed E-state index contributed by atoms with van der Waals surface area (Å²) in [5.41, 5.74) is 0.273. The molecule has 3 aliphatic rings. The molecule has 3 amide bonds. The summed E-state index contributed by atoms with van der Waals surface area (Å²) >= 11 is 0. The Morgan fingerprint density at radius 2 is 1.69 bits per heavy atom. The van der Waals surface area contributed by atoms with Gasteiger partial charge in [-0.1, -0.05) is 36.8 Å². The van der Waals surface area contributed by atoms with Gasteiger partial charge in [-0.3, -0.25) is 19.3 Å². The van der Waals surface area contributed by atoms with Crippen molar-refractivity contribution in [3.05, 3.63) is 71.5 Å². The Kier molecular flexibility index (Phi) is 6.56. The van der Waals surface area contributed by atoms with Crippen LogP contribution in [0, 0.1) is 11.7 Å². The quantitative estimate of drug-likeness (QED) is 0.715. The first kappa shape index (κ1) is 23.5. The summed E-state index contributed by atoms with van der Waals surface area (Å²) in [6, 6.07) is 14.1. The summed E-state index contributed by atoms with van der Waals surface area (Å²) in [7, 11) is 0. The molecule has 35 heavy (non-hydrogen) atoms. The summed E-state index contributed by atoms with van der Waals surface area (Å²) in [4.78, 5) is 43.1. The van der Waals surface area contributed by atoms with Crippen LogP contribution in [0.15, 0.2) is 54.6 Å². The molecule has 2 aromatic carbocycles. The molecular weight excluding hydrogens is 449 g/mol. The number of ether oxygens (including phenoxy) is 1. The largest absolute Gasteiger partial charge is 0.353 e. The van der Waals surface area contributed by atoms with Crippen molar-refractivity contribution in [3.63, 3.8) is 0 Å². The van der Waals surface area contributed by atoms with Crippen molar-refractivity contribution in [3.8, 4) is 0 Å². The van der Waals surface area contributed by atoms with E-state index in [4.69, 9.17) is 4.74 Å². The Bertz CT molecular complexity index is 1080. The number of piperidine rings is 1. The van der Waals surface area contributed by atoms with Gasteiger partial charge in [0.25, 0.3) is 5.91 Å². The predicted octanol–water partition coefficient (Wildman–Crippen LogP) is 3.10. The van der Waals surface area contributed by atoms with E-state index in [1.165, 1.54) is 29.2 Å². The first-order chi connectivity index (χ1) is 17.0. The maximum atomic E-state index is 13.7. The van der Waals surface area contributed by atoms with E-state index < -0.39 is 17.6 Å². The molecule has 1 spiro atoms. The minimum absolute atomic E-state index is 0.0735. The van der Waals surface area contributed by atoms with Gasteiger partial charge in [0.1, 0.15) is 17.6 Å². The van der Waals surface area contributed by atoms with Crippen LogP contribution in [0.2, 0.25) is 0 Å². The minimum Gasteiger partial charge on any atom is -0.353 e. The molecule has 0 radical (unpaired) electrons. The molecule has 1 aliphatic carbocycles. The number of nitrogens with zero attached hydrogens (tertiary/aromatic N) is 2. The second-order valence-electron chi connectivity index (χ2n) is 9.61. The van der Waals surface area contributed by atoms with Crippen LogP contribution >= 0.6 is 0 Å². The number of nitrogens with one attached hydrogen (secondary N) is 1. The highest BCUT2D eigenvalue weighted by Crippen LogP contribution is 2.39. The van der Waals surface area contributed by atoms with E-state index in [2.05, 4.69) is 5.32 Å². The molecule has 5 rings (SSSR count). The number of halogens is 1. The number of hydrogen-bond acceptors (Lipinski definition) is 4. The fourth-order valence-corrected chi connectivity index (χ4v) is 5.19. The Labute approximate surface area is 204 Å². The molecule has 1 unspecified atom stereocenters. The topological polar surface area (TPSA) is 79.0 Å². The number of amides is 3. The van der Waals surface area contributed by atoms with Gasteiger partial charge >= 0.3 is 0 Å². The first-order valence-electron chi connectivity index (χ1n) is 12.3. The van der Waals surface area contributed by atoms with Crippen LogP contribution in [0.4, 0.5) is 4.39 Å². The standard InChI is InChI=1S/C27H30FN3O4/c28-22-11-9-21(10-12-22)26(34)31-23(24(32)29-17-19-5-2-1-3-6-19)18-35-27(31)13-15-30(16-14-27)25(33)20-7-4-8-20/h1-3,5-6,9-12,20,23H,4,7-8,13-18H2,(H,29,32). The van der Waals surface area contributed by atoms with Gasteiger partial charge in [-0.15, -0.1) is 0 Å². The van der Waals surface area contributed by atoms with Gasteiger partial charge in [-0.05, 0) is 42.7 Å². The van der Waals surface area contributed by atoms with Crippen LogP contribution < -0.4 is 5.32 Å². The Morgan fingerprint density at radius 3 is 2.31 bits per heavy atom. The summed E-state index contributed by atoms with van der Waals surface area (Å²) in [5.74, 6) is -0.816. The molecule has 7 nitrogen and oxygen atoms in total. The van der Waals surface area contributed by atoms with E-state index in [1.54, 1.807) is 0 Å². The monoisotopic (exact) mass is 479 g/mol. The second-order valence-corrected chi connectivity index (χ2v) is 9.61. The molecule has 184 valence electrons. The Hall–Kier alpha value is -3.26. The maximum absolute atomic E-state index is 13.7. The third-order valence-electron chi connectivity index (χ3n) is 7.49. The third kappa shape index (κ3) is 4.67. The van der Waals surface area contributed by atoms with Gasteiger partial charge in [0.2, 0.25) is 11.8 Å². The number of carbonyl (C=O) groups is 3. The van der Waals surface area contributed by atoms with Crippen LogP contribution in [-0.4, -0.2) is 59.0 Å². The molecule has 2 heterocycles. The minimum atomic E-state index is -0.976. The number of likely N-dealkylation sites (tertiary alicyclic amines) is 1. The molecule has 0 bridgehead atoms. The Morgan fingerprint density at radius 1 is 1.00 bits per heavy atom. The van der Waals surface area contributed by atoms with Crippen molar-refractivity contribution in [1.82, 2.24) is 15.1 Å². The fraction of sp³-hybridized carbons (Fsp3) is 0.444. The highest BCUT2D eigenvalue weighted by molar-refractivity contribution is 5.98. The lowest BCUT2D eigenvalue weighted by molar-refractivity contribution is -0.149. The average Bonchev–Trinajstić information content (AvgIpc) is 3.21. The molecule has 8 heteroatoms. The molecule has 1 atom stereocenters. The second kappa shape index (κ2) is 9.77. The van der Waals surface area contributed by atoms with E-state index >= 15 is 0 Å². The average molecular weight is 480 g/mol. The van der Waals surface area contributed by atoms with Crippen LogP contribution in [-0.2, 0) is 20.9 Å². The molecule has 1 N–H and O–H groups in total. The number of benzene rings is 2. The van der Waals surface area contributed by atoms with Crippen LogP contribution in [0.1, 0.15) is 48.0 Å². The number of hydrogen-bond donors (Lipinski definition) is 1. The zero-order valence-corrected chi connectivity index (χ0v) is 19.6. The van der Waals surface area contributed by atoms with Gasteiger partial charge in [-0.2, -0.15) is 0 Å². The van der Waals surface area contributed by atoms with Gasteiger partial charge in [0, 0.05) is 44.0 Å². The van der Waals surface area contributed by atoms with Crippen molar-refractivity contribution >= 4 is 17.7 Å². The van der Waals surface area contributed by atoms with Crippen LogP contribution in [0.25, 0.3) is 0 Å². The number of carbonyl (C=O) groups excluding carboxylic acids is 3. The van der Waals surface area contributed by atoms with E-state index in [0.717, 1.165) is 24.8 Å². The zero-order chi connectivity index (χ0) is 24.4. The zero-order valence-electron chi connectivity index (χ0n) is 19.6. The molecule has 1 saturated carbocycles. The summed E-state index contributed by atoms with van der Waals surface area (Å²) < 4.78 is 19.7.